The van der Waals surface area contributed by atoms with Crippen LogP contribution in [0.25, 0.3) is 0 Å². The molecule has 3 heterocycles. The number of aliphatic hydroxyl groups excluding tert-OH is 1. The molecule has 0 saturated carbocycles. The van der Waals surface area contributed by atoms with Crippen molar-refractivity contribution in [1.29, 1.82) is 0 Å². The third-order valence-electron chi connectivity index (χ3n) is 7.50. The van der Waals surface area contributed by atoms with Gasteiger partial charge in [0.2, 0.25) is 5.91 Å². The number of halogens is 1. The second kappa shape index (κ2) is 13.6. The number of aromatic amines is 1. The third-order valence-corrected chi connectivity index (χ3v) is 8.00. The van der Waals surface area contributed by atoms with Crippen molar-refractivity contribution in [2.45, 2.75) is 45.1 Å². The number of benzene rings is 2. The van der Waals surface area contributed by atoms with E-state index in [1.54, 1.807) is 18.2 Å². The monoisotopic (exact) mass is 597 g/mol. The number of nitrogens with zero attached hydrogens (tertiary/aromatic N) is 3. The zero-order chi connectivity index (χ0) is 29.6. The van der Waals surface area contributed by atoms with E-state index in [0.717, 1.165) is 23.5 Å². The molecule has 0 radical (unpaired) electrons. The van der Waals surface area contributed by atoms with Crippen molar-refractivity contribution in [3.05, 3.63) is 70.0 Å². The molecule has 0 unspecified atom stereocenters. The number of carbonyl (C=O) groups is 2. The highest BCUT2D eigenvalue weighted by Gasteiger charge is 2.33. The van der Waals surface area contributed by atoms with Gasteiger partial charge in [0.05, 0.1) is 48.8 Å². The summed E-state index contributed by atoms with van der Waals surface area (Å²) in [5, 5.41) is 20.5. The highest BCUT2D eigenvalue weighted by molar-refractivity contribution is 6.31. The molecule has 2 atom stereocenters. The van der Waals surface area contributed by atoms with E-state index in [4.69, 9.17) is 25.8 Å². The molecular weight excluding hydrogens is 562 g/mol. The van der Waals surface area contributed by atoms with Crippen LogP contribution in [0.1, 0.15) is 40.2 Å². The molecule has 11 nitrogen and oxygen atoms in total. The fourth-order valence-corrected chi connectivity index (χ4v) is 5.45. The Morgan fingerprint density at radius 3 is 2.83 bits per heavy atom. The van der Waals surface area contributed by atoms with Gasteiger partial charge in [0.1, 0.15) is 5.75 Å². The van der Waals surface area contributed by atoms with Gasteiger partial charge in [0, 0.05) is 38.3 Å². The Morgan fingerprint density at radius 2 is 2.07 bits per heavy atom. The molecule has 2 aromatic carbocycles. The number of hydrogen-bond acceptors (Lipinski definition) is 8. The number of carbonyl (C=O) groups excluding carboxylic acids is 2. The Balaban J connectivity index is 1.43. The Bertz CT molecular complexity index is 1410. The molecule has 1 fully saturated rings. The fraction of sp³-hybridized carbons (Fsp3) is 0.433. The van der Waals surface area contributed by atoms with Crippen molar-refractivity contribution in [2.24, 2.45) is 0 Å². The number of H-pyrrole nitrogens is 1. The quantitative estimate of drug-likeness (QED) is 0.395. The van der Waals surface area contributed by atoms with Crippen LogP contribution in [0, 0.1) is 6.92 Å². The maximum Gasteiger partial charge on any atom is 0.254 e. The van der Waals surface area contributed by atoms with Gasteiger partial charge in [0.25, 0.3) is 5.91 Å². The number of methoxy groups -OCH3 is 1. The van der Waals surface area contributed by atoms with Crippen LogP contribution < -0.4 is 14.8 Å². The van der Waals surface area contributed by atoms with E-state index in [2.05, 4.69) is 20.4 Å². The summed E-state index contributed by atoms with van der Waals surface area (Å²) < 4.78 is 18.0. The van der Waals surface area contributed by atoms with Crippen molar-refractivity contribution >= 4 is 23.4 Å². The van der Waals surface area contributed by atoms with Gasteiger partial charge in [-0.2, -0.15) is 5.10 Å². The standard InChI is InChI=1S/C30H36ClN5O6/c1-19-29(31)24(34-33-19)16-35-11-9-25-23(15-35)32-28(38)17-36(10-4-12-37)30(39)21-7-8-26(40-2)27(14-21)42-22-6-3-5-20(13-22)18-41-25/h3,5-8,13-14,23,25,37H,4,9-12,15-18H2,1-2H3,(H,32,38)(H,33,34)/t23-,25-/m0/s1. The predicted molar refractivity (Wildman–Crippen MR) is 156 cm³/mol. The zero-order valence-corrected chi connectivity index (χ0v) is 24.5. The number of likely N-dealkylation sites (tertiary alicyclic amines) is 1. The van der Waals surface area contributed by atoms with Crippen LogP contribution in [0.2, 0.25) is 5.02 Å². The summed E-state index contributed by atoms with van der Waals surface area (Å²) in [7, 11) is 1.53. The highest BCUT2D eigenvalue weighted by atomic mass is 35.5. The molecule has 224 valence electrons. The van der Waals surface area contributed by atoms with Crippen LogP contribution in [-0.4, -0.2) is 89.0 Å². The van der Waals surface area contributed by atoms with Gasteiger partial charge in [-0.1, -0.05) is 23.7 Å². The molecular formula is C30H36ClN5O6. The number of ether oxygens (including phenoxy) is 3. The van der Waals surface area contributed by atoms with Crippen molar-refractivity contribution in [3.8, 4) is 17.2 Å². The molecule has 2 aliphatic heterocycles. The number of amides is 2. The Morgan fingerprint density at radius 1 is 1.21 bits per heavy atom. The number of piperidine rings is 1. The lowest BCUT2D eigenvalue weighted by Gasteiger charge is -2.39. The minimum atomic E-state index is -0.353. The second-order valence-electron chi connectivity index (χ2n) is 10.6. The number of aryl methyl sites for hydroxylation is 1. The molecule has 3 N–H and O–H groups in total. The lowest BCUT2D eigenvalue weighted by atomic mass is 10.0. The van der Waals surface area contributed by atoms with E-state index in [9.17, 15) is 14.7 Å². The summed E-state index contributed by atoms with van der Waals surface area (Å²) in [5.41, 5.74) is 2.82. The van der Waals surface area contributed by atoms with Gasteiger partial charge in [-0.05, 0) is 55.7 Å². The van der Waals surface area contributed by atoms with E-state index in [1.165, 1.54) is 12.0 Å². The summed E-state index contributed by atoms with van der Waals surface area (Å²) in [6.45, 7) is 3.92. The molecule has 2 amide bonds. The summed E-state index contributed by atoms with van der Waals surface area (Å²) in [4.78, 5) is 30.7. The normalized spacial score (nSPS) is 20.0. The number of aromatic nitrogens is 2. The maximum absolute atomic E-state index is 13.6. The largest absolute Gasteiger partial charge is 0.493 e. The average Bonchev–Trinajstić information content (AvgIpc) is 3.30. The maximum atomic E-state index is 13.6. The molecule has 1 saturated heterocycles. The molecule has 2 aliphatic rings. The van der Waals surface area contributed by atoms with Crippen LogP contribution in [0.4, 0.5) is 0 Å². The molecule has 42 heavy (non-hydrogen) atoms. The van der Waals surface area contributed by atoms with Gasteiger partial charge in [0.15, 0.2) is 11.5 Å². The molecule has 0 spiro atoms. The van der Waals surface area contributed by atoms with Gasteiger partial charge >= 0.3 is 0 Å². The summed E-state index contributed by atoms with van der Waals surface area (Å²) in [6, 6.07) is 12.1. The van der Waals surface area contributed by atoms with Crippen LogP contribution >= 0.6 is 11.6 Å². The minimum absolute atomic E-state index is 0.110. The van der Waals surface area contributed by atoms with Crippen molar-refractivity contribution in [2.75, 3.05) is 39.9 Å². The summed E-state index contributed by atoms with van der Waals surface area (Å²) >= 11 is 6.42. The highest BCUT2D eigenvalue weighted by Crippen LogP contribution is 2.33. The van der Waals surface area contributed by atoms with Gasteiger partial charge in [-0.25, -0.2) is 0 Å². The molecule has 12 heteroatoms. The van der Waals surface area contributed by atoms with Gasteiger partial charge in [-0.3, -0.25) is 19.6 Å². The predicted octanol–water partition coefficient (Wildman–Crippen LogP) is 3.29. The Hall–Kier alpha value is -3.64. The summed E-state index contributed by atoms with van der Waals surface area (Å²) in [5.74, 6) is 0.756. The number of rotatable bonds is 6. The molecule has 5 rings (SSSR count). The van der Waals surface area contributed by atoms with Crippen molar-refractivity contribution < 1.29 is 28.9 Å². The topological polar surface area (TPSA) is 129 Å². The number of fused-ring (bicyclic) bond motifs is 5. The van der Waals surface area contributed by atoms with Crippen LogP contribution in [0.15, 0.2) is 42.5 Å². The van der Waals surface area contributed by atoms with E-state index in [0.29, 0.717) is 60.4 Å². The first kappa shape index (κ1) is 29.8. The number of aliphatic hydroxyl groups is 1. The van der Waals surface area contributed by atoms with Crippen LogP contribution in [0.5, 0.6) is 17.2 Å². The molecule has 0 aliphatic carbocycles. The average molecular weight is 598 g/mol. The van der Waals surface area contributed by atoms with Crippen LogP contribution in [0.3, 0.4) is 0 Å². The SMILES string of the molecule is COc1ccc2cc1Oc1cccc(c1)CO[C@H]1CCN(Cc3n[nH]c(C)c3Cl)C[C@@H]1NC(=O)CN(CCCO)C2=O. The van der Waals surface area contributed by atoms with E-state index in [1.807, 2.05) is 31.2 Å². The third kappa shape index (κ3) is 7.04. The fourth-order valence-electron chi connectivity index (χ4n) is 5.30. The Kier molecular flexibility index (Phi) is 9.63. The first-order valence-corrected chi connectivity index (χ1v) is 14.4. The van der Waals surface area contributed by atoms with E-state index in [-0.39, 0.29) is 43.7 Å². The number of nitrogens with one attached hydrogen (secondary N) is 2. The minimum Gasteiger partial charge on any atom is -0.493 e. The molecule has 4 bridgehead atoms. The zero-order valence-electron chi connectivity index (χ0n) is 23.8. The first-order chi connectivity index (χ1) is 20.3. The second-order valence-corrected chi connectivity index (χ2v) is 11.0. The summed E-state index contributed by atoms with van der Waals surface area (Å²) in [6.07, 6.45) is 0.753. The lowest BCUT2D eigenvalue weighted by Crippen LogP contribution is -2.57. The van der Waals surface area contributed by atoms with Crippen LogP contribution in [-0.2, 0) is 22.7 Å². The Labute approximate surface area is 249 Å². The van der Waals surface area contributed by atoms with Crippen molar-refractivity contribution in [1.82, 2.24) is 25.3 Å². The van der Waals surface area contributed by atoms with Gasteiger partial charge < -0.3 is 29.5 Å². The first-order valence-electron chi connectivity index (χ1n) is 14.0. The van der Waals surface area contributed by atoms with E-state index >= 15 is 0 Å². The van der Waals surface area contributed by atoms with E-state index < -0.39 is 0 Å². The lowest BCUT2D eigenvalue weighted by molar-refractivity contribution is -0.125. The number of hydrogen-bond donors (Lipinski definition) is 3. The van der Waals surface area contributed by atoms with Crippen molar-refractivity contribution in [3.63, 3.8) is 0 Å². The van der Waals surface area contributed by atoms with Gasteiger partial charge in [-0.15, -0.1) is 0 Å². The molecule has 3 aromatic rings. The smallest absolute Gasteiger partial charge is 0.254 e. The molecule has 1 aromatic heterocycles.